The highest BCUT2D eigenvalue weighted by molar-refractivity contribution is 7.92. The van der Waals surface area contributed by atoms with Crippen LogP contribution in [0.4, 0.5) is 5.69 Å². The van der Waals surface area contributed by atoms with Crippen molar-refractivity contribution in [1.82, 2.24) is 0 Å². The number of carbonyl (C=O) groups is 2. The van der Waals surface area contributed by atoms with Crippen molar-refractivity contribution in [2.24, 2.45) is 0 Å². The van der Waals surface area contributed by atoms with Crippen LogP contribution in [-0.4, -0.2) is 42.9 Å². The lowest BCUT2D eigenvalue weighted by Gasteiger charge is -2.29. The maximum absolute atomic E-state index is 12.5. The van der Waals surface area contributed by atoms with Gasteiger partial charge >= 0.3 is 5.97 Å². The molecule has 0 spiro atoms. The molecule has 6 nitrogen and oxygen atoms in total. The first kappa shape index (κ1) is 17.2. The number of nitrogens with zero attached hydrogens (tertiary/aromatic N) is 1. The van der Waals surface area contributed by atoms with Gasteiger partial charge < -0.3 is 5.11 Å². The van der Waals surface area contributed by atoms with Crippen LogP contribution in [0.5, 0.6) is 0 Å². The van der Waals surface area contributed by atoms with Crippen LogP contribution < -0.4 is 4.90 Å². The molecule has 0 unspecified atom stereocenters. The zero-order valence-electron chi connectivity index (χ0n) is 12.5. The quantitative estimate of drug-likeness (QED) is 0.883. The summed E-state index contributed by atoms with van der Waals surface area (Å²) in [6, 6.07) is 6.64. The molecule has 1 aromatic rings. The Morgan fingerprint density at radius 2 is 1.67 bits per heavy atom. The SMILES string of the molecule is Cc1ccc(N(CC(=O)O)C(=O)C(C)(C)S(C)(=O)=O)cc1. The van der Waals surface area contributed by atoms with Gasteiger partial charge in [-0.1, -0.05) is 17.7 Å². The Hall–Kier alpha value is -1.89. The zero-order chi connectivity index (χ0) is 16.4. The number of carbonyl (C=O) groups excluding carboxylic acids is 1. The number of aliphatic carboxylic acids is 1. The summed E-state index contributed by atoms with van der Waals surface area (Å²) in [6.07, 6.45) is 0.957. The molecule has 7 heteroatoms. The first-order valence-electron chi connectivity index (χ1n) is 6.27. The average molecular weight is 313 g/mol. The Kier molecular flexibility index (Phi) is 4.78. The number of benzene rings is 1. The van der Waals surface area contributed by atoms with E-state index >= 15 is 0 Å². The molecule has 0 radical (unpaired) electrons. The van der Waals surface area contributed by atoms with Gasteiger partial charge in [0.15, 0.2) is 9.84 Å². The minimum absolute atomic E-state index is 0.352. The number of rotatable bonds is 5. The Bertz CT molecular complexity index is 646. The predicted octanol–water partition coefficient (Wildman–Crippen LogP) is 1.24. The number of hydrogen-bond donors (Lipinski definition) is 1. The normalized spacial score (nSPS) is 12.0. The fourth-order valence-corrected chi connectivity index (χ4v) is 2.05. The van der Waals surface area contributed by atoms with Crippen LogP contribution in [-0.2, 0) is 19.4 Å². The maximum Gasteiger partial charge on any atom is 0.323 e. The highest BCUT2D eigenvalue weighted by atomic mass is 32.2. The standard InChI is InChI=1S/C14H19NO5S/c1-10-5-7-11(8-6-10)15(9-12(16)17)13(18)14(2,3)21(4,19)20/h5-8H,9H2,1-4H3,(H,16,17). The van der Waals surface area contributed by atoms with E-state index in [1.807, 2.05) is 6.92 Å². The molecule has 0 fully saturated rings. The van der Waals surface area contributed by atoms with Crippen LogP contribution in [0.25, 0.3) is 0 Å². The molecule has 1 rings (SSSR count). The van der Waals surface area contributed by atoms with Crippen molar-refractivity contribution in [1.29, 1.82) is 0 Å². The molecular weight excluding hydrogens is 294 g/mol. The largest absolute Gasteiger partial charge is 0.480 e. The molecule has 21 heavy (non-hydrogen) atoms. The van der Waals surface area contributed by atoms with Gasteiger partial charge in [-0.05, 0) is 32.9 Å². The van der Waals surface area contributed by atoms with Crippen LogP contribution in [0, 0.1) is 6.92 Å². The van der Waals surface area contributed by atoms with Crippen molar-refractivity contribution in [3.05, 3.63) is 29.8 Å². The molecule has 0 aromatic heterocycles. The summed E-state index contributed by atoms with van der Waals surface area (Å²) < 4.78 is 21.8. The van der Waals surface area contributed by atoms with E-state index in [1.54, 1.807) is 24.3 Å². The van der Waals surface area contributed by atoms with Crippen LogP contribution in [0.3, 0.4) is 0 Å². The summed E-state index contributed by atoms with van der Waals surface area (Å²) in [6.45, 7) is 3.80. The van der Waals surface area contributed by atoms with Gasteiger partial charge in [-0.2, -0.15) is 0 Å². The molecule has 0 bridgehead atoms. The highest BCUT2D eigenvalue weighted by Crippen LogP contribution is 2.24. The second-order valence-corrected chi connectivity index (χ2v) is 7.97. The predicted molar refractivity (Wildman–Crippen MR) is 80.1 cm³/mol. The minimum atomic E-state index is -3.68. The molecule has 0 heterocycles. The minimum Gasteiger partial charge on any atom is -0.480 e. The molecular formula is C14H19NO5S. The number of aryl methyl sites for hydroxylation is 1. The maximum atomic E-state index is 12.5. The lowest BCUT2D eigenvalue weighted by atomic mass is 10.1. The van der Waals surface area contributed by atoms with Crippen LogP contribution in [0.15, 0.2) is 24.3 Å². The summed E-state index contributed by atoms with van der Waals surface area (Å²) in [5.74, 6) is -1.98. The van der Waals surface area contributed by atoms with Crippen molar-refractivity contribution >= 4 is 27.4 Å². The van der Waals surface area contributed by atoms with Crippen LogP contribution in [0.1, 0.15) is 19.4 Å². The van der Waals surface area contributed by atoms with Gasteiger partial charge in [-0.3, -0.25) is 14.5 Å². The molecule has 0 aliphatic heterocycles. The van der Waals surface area contributed by atoms with Gasteiger partial charge in [0.1, 0.15) is 11.3 Å². The summed E-state index contributed by atoms with van der Waals surface area (Å²) in [5, 5.41) is 8.97. The monoisotopic (exact) mass is 313 g/mol. The first-order valence-corrected chi connectivity index (χ1v) is 8.16. The topological polar surface area (TPSA) is 91.8 Å². The van der Waals surface area contributed by atoms with E-state index in [2.05, 4.69) is 0 Å². The van der Waals surface area contributed by atoms with E-state index < -0.39 is 33.0 Å². The second kappa shape index (κ2) is 5.85. The number of hydrogen-bond acceptors (Lipinski definition) is 4. The summed E-state index contributed by atoms with van der Waals surface area (Å²) in [5.41, 5.74) is 1.30. The lowest BCUT2D eigenvalue weighted by Crippen LogP contribution is -2.51. The zero-order valence-corrected chi connectivity index (χ0v) is 13.3. The van der Waals surface area contributed by atoms with E-state index in [0.717, 1.165) is 16.7 Å². The fraction of sp³-hybridized carbons (Fsp3) is 0.429. The molecule has 1 amide bonds. The Morgan fingerprint density at radius 1 is 1.19 bits per heavy atom. The van der Waals surface area contributed by atoms with Crippen molar-refractivity contribution in [3.63, 3.8) is 0 Å². The fourth-order valence-electron chi connectivity index (χ4n) is 1.62. The third-order valence-corrected chi connectivity index (χ3v) is 5.35. The lowest BCUT2D eigenvalue weighted by molar-refractivity contribution is -0.136. The van der Waals surface area contributed by atoms with Gasteiger partial charge in [0.2, 0.25) is 5.91 Å². The van der Waals surface area contributed by atoms with E-state index in [9.17, 15) is 18.0 Å². The Labute approximate surface area is 124 Å². The average Bonchev–Trinajstić information content (AvgIpc) is 2.34. The van der Waals surface area contributed by atoms with Gasteiger partial charge in [-0.25, -0.2) is 8.42 Å². The van der Waals surface area contributed by atoms with Gasteiger partial charge in [0.25, 0.3) is 0 Å². The Balaban J connectivity index is 3.29. The van der Waals surface area contributed by atoms with Crippen molar-refractivity contribution in [3.8, 4) is 0 Å². The number of amides is 1. The van der Waals surface area contributed by atoms with Crippen LogP contribution in [0.2, 0.25) is 0 Å². The van der Waals surface area contributed by atoms with Gasteiger partial charge in [0.05, 0.1) is 0 Å². The van der Waals surface area contributed by atoms with E-state index in [1.165, 1.54) is 13.8 Å². The molecule has 116 valence electrons. The summed E-state index contributed by atoms with van der Waals surface area (Å²) in [7, 11) is -3.68. The van der Waals surface area contributed by atoms with Gasteiger partial charge in [0, 0.05) is 11.9 Å². The van der Waals surface area contributed by atoms with E-state index in [-0.39, 0.29) is 0 Å². The molecule has 0 aliphatic rings. The van der Waals surface area contributed by atoms with E-state index in [4.69, 9.17) is 5.11 Å². The Morgan fingerprint density at radius 3 is 2.05 bits per heavy atom. The number of carboxylic acid groups (broad SMARTS) is 1. The highest BCUT2D eigenvalue weighted by Gasteiger charge is 2.42. The third-order valence-electron chi connectivity index (χ3n) is 3.33. The number of sulfone groups is 1. The molecule has 1 aromatic carbocycles. The molecule has 0 aliphatic carbocycles. The molecule has 0 saturated heterocycles. The van der Waals surface area contributed by atoms with Crippen molar-refractivity contribution < 1.29 is 23.1 Å². The molecule has 1 N–H and O–H groups in total. The third kappa shape index (κ3) is 3.81. The molecule has 0 atom stereocenters. The smallest absolute Gasteiger partial charge is 0.323 e. The van der Waals surface area contributed by atoms with Crippen LogP contribution >= 0.6 is 0 Å². The van der Waals surface area contributed by atoms with E-state index in [0.29, 0.717) is 5.69 Å². The van der Waals surface area contributed by atoms with Gasteiger partial charge in [-0.15, -0.1) is 0 Å². The number of anilines is 1. The van der Waals surface area contributed by atoms with Crippen molar-refractivity contribution in [2.45, 2.75) is 25.5 Å². The second-order valence-electron chi connectivity index (χ2n) is 5.40. The summed E-state index contributed by atoms with van der Waals surface area (Å²) in [4.78, 5) is 24.5. The summed E-state index contributed by atoms with van der Waals surface area (Å²) >= 11 is 0. The first-order chi connectivity index (χ1) is 9.46. The number of carboxylic acids is 1. The van der Waals surface area contributed by atoms with Crippen molar-refractivity contribution in [2.75, 3.05) is 17.7 Å². The molecule has 0 saturated carbocycles.